The van der Waals surface area contributed by atoms with Crippen LogP contribution in [0, 0.1) is 13.8 Å². The van der Waals surface area contributed by atoms with Gasteiger partial charge in [0.25, 0.3) is 0 Å². The summed E-state index contributed by atoms with van der Waals surface area (Å²) in [5.41, 5.74) is 9.03. The molecule has 62 valence electrons. The first kappa shape index (κ1) is 7.16. The van der Waals surface area contributed by atoms with Crippen molar-refractivity contribution in [1.29, 1.82) is 0 Å². The van der Waals surface area contributed by atoms with E-state index in [2.05, 4.69) is 4.98 Å². The van der Waals surface area contributed by atoms with Gasteiger partial charge < -0.3 is 10.2 Å². The summed E-state index contributed by atoms with van der Waals surface area (Å²) < 4.78 is 5.32. The number of aryl methyl sites for hydroxylation is 2. The summed E-state index contributed by atoms with van der Waals surface area (Å²) in [5, 5.41) is 0. The zero-order valence-electron chi connectivity index (χ0n) is 7.09. The van der Waals surface area contributed by atoms with Crippen LogP contribution in [0.25, 0.3) is 11.1 Å². The van der Waals surface area contributed by atoms with Gasteiger partial charge in [-0.2, -0.15) is 0 Å². The van der Waals surface area contributed by atoms with Gasteiger partial charge in [0.2, 0.25) is 0 Å². The first-order valence-electron chi connectivity index (χ1n) is 3.80. The van der Waals surface area contributed by atoms with Gasteiger partial charge in [-0.05, 0) is 24.6 Å². The lowest BCUT2D eigenvalue weighted by Crippen LogP contribution is -1.86. The molecule has 1 aromatic carbocycles. The van der Waals surface area contributed by atoms with E-state index in [1.54, 1.807) is 0 Å². The minimum Gasteiger partial charge on any atom is -0.439 e. The van der Waals surface area contributed by atoms with Gasteiger partial charge >= 0.3 is 0 Å². The summed E-state index contributed by atoms with van der Waals surface area (Å²) in [7, 11) is 0. The Bertz CT molecular complexity index is 431. The van der Waals surface area contributed by atoms with Gasteiger partial charge in [0.1, 0.15) is 5.52 Å². The highest BCUT2D eigenvalue weighted by Gasteiger charge is 2.05. The van der Waals surface area contributed by atoms with Crippen molar-refractivity contribution in [1.82, 2.24) is 4.98 Å². The molecule has 1 heterocycles. The second-order valence-corrected chi connectivity index (χ2v) is 2.94. The molecule has 0 radical (unpaired) electrons. The molecule has 0 saturated carbocycles. The molecule has 3 heteroatoms. The highest BCUT2D eigenvalue weighted by molar-refractivity contribution is 5.85. The number of fused-ring (bicyclic) bond motifs is 1. The summed E-state index contributed by atoms with van der Waals surface area (Å²) in [6.45, 7) is 3.80. The summed E-state index contributed by atoms with van der Waals surface area (Å²) in [5.74, 6) is 0.655. The Kier molecular flexibility index (Phi) is 1.33. The van der Waals surface area contributed by atoms with Gasteiger partial charge in [-0.1, -0.05) is 0 Å². The molecule has 0 bridgehead atoms. The maximum Gasteiger partial charge on any atom is 0.192 e. The van der Waals surface area contributed by atoms with Crippen LogP contribution in [-0.2, 0) is 0 Å². The fraction of sp³-hybridized carbons (Fsp3) is 0.222. The van der Waals surface area contributed by atoms with Crippen molar-refractivity contribution in [3.8, 4) is 0 Å². The molecule has 3 nitrogen and oxygen atoms in total. The van der Waals surface area contributed by atoms with E-state index in [0.717, 1.165) is 11.1 Å². The number of oxazole rings is 1. The van der Waals surface area contributed by atoms with Crippen LogP contribution < -0.4 is 5.73 Å². The third kappa shape index (κ3) is 0.942. The van der Waals surface area contributed by atoms with Crippen molar-refractivity contribution in [2.75, 3.05) is 5.73 Å². The number of nitrogen functional groups attached to an aromatic ring is 1. The molecule has 0 aliphatic heterocycles. The van der Waals surface area contributed by atoms with Crippen molar-refractivity contribution in [2.45, 2.75) is 13.8 Å². The number of anilines is 1. The monoisotopic (exact) mass is 162 g/mol. The average Bonchev–Trinajstić information content (AvgIpc) is 2.29. The Morgan fingerprint density at radius 2 is 2.08 bits per heavy atom. The van der Waals surface area contributed by atoms with Crippen LogP contribution in [-0.4, -0.2) is 4.98 Å². The highest BCUT2D eigenvalue weighted by Crippen LogP contribution is 2.23. The molecule has 0 fully saturated rings. The van der Waals surface area contributed by atoms with E-state index in [1.807, 2.05) is 26.0 Å². The van der Waals surface area contributed by atoms with Crippen molar-refractivity contribution in [3.05, 3.63) is 23.6 Å². The summed E-state index contributed by atoms with van der Waals surface area (Å²) >= 11 is 0. The van der Waals surface area contributed by atoms with Crippen LogP contribution >= 0.6 is 0 Å². The Balaban J connectivity index is 2.88. The SMILES string of the molecule is Cc1cc(N)c2oc(C)nc2c1. The minimum absolute atomic E-state index is 0.655. The lowest BCUT2D eigenvalue weighted by atomic mass is 10.2. The van der Waals surface area contributed by atoms with Crippen LogP contribution in [0.2, 0.25) is 0 Å². The summed E-state index contributed by atoms with van der Waals surface area (Å²) in [4.78, 5) is 4.19. The predicted molar refractivity (Wildman–Crippen MR) is 47.9 cm³/mol. The lowest BCUT2D eigenvalue weighted by molar-refractivity contribution is 0.562. The summed E-state index contributed by atoms with van der Waals surface area (Å²) in [6.07, 6.45) is 0. The van der Waals surface area contributed by atoms with Crippen molar-refractivity contribution >= 4 is 16.8 Å². The maximum atomic E-state index is 5.74. The Labute approximate surface area is 70.2 Å². The standard InChI is InChI=1S/C9H10N2O/c1-5-3-7(10)9-8(4-5)11-6(2)12-9/h3-4H,10H2,1-2H3. The topological polar surface area (TPSA) is 52.0 Å². The van der Waals surface area contributed by atoms with Gasteiger partial charge in [0, 0.05) is 6.92 Å². The molecule has 2 aromatic rings. The lowest BCUT2D eigenvalue weighted by Gasteiger charge is -1.94. The van der Waals surface area contributed by atoms with E-state index in [4.69, 9.17) is 10.2 Å². The molecule has 2 rings (SSSR count). The van der Waals surface area contributed by atoms with Crippen LogP contribution in [0.3, 0.4) is 0 Å². The second kappa shape index (κ2) is 2.24. The molecule has 0 spiro atoms. The zero-order chi connectivity index (χ0) is 8.72. The smallest absolute Gasteiger partial charge is 0.192 e. The van der Waals surface area contributed by atoms with Gasteiger partial charge in [-0.25, -0.2) is 4.98 Å². The number of hydrogen-bond donors (Lipinski definition) is 1. The second-order valence-electron chi connectivity index (χ2n) is 2.94. The fourth-order valence-electron chi connectivity index (χ4n) is 1.32. The molecule has 0 unspecified atom stereocenters. The average molecular weight is 162 g/mol. The van der Waals surface area contributed by atoms with Crippen LogP contribution in [0.4, 0.5) is 5.69 Å². The number of aromatic nitrogens is 1. The molecule has 0 aliphatic rings. The van der Waals surface area contributed by atoms with E-state index in [1.165, 1.54) is 0 Å². The molecule has 12 heavy (non-hydrogen) atoms. The van der Waals surface area contributed by atoms with Gasteiger partial charge in [-0.15, -0.1) is 0 Å². The Morgan fingerprint density at radius 1 is 1.33 bits per heavy atom. The maximum absolute atomic E-state index is 5.74. The number of hydrogen-bond acceptors (Lipinski definition) is 3. The number of benzene rings is 1. The number of rotatable bonds is 0. The Morgan fingerprint density at radius 3 is 2.83 bits per heavy atom. The fourth-order valence-corrected chi connectivity index (χ4v) is 1.32. The predicted octanol–water partition coefficient (Wildman–Crippen LogP) is 2.03. The van der Waals surface area contributed by atoms with Crippen molar-refractivity contribution in [3.63, 3.8) is 0 Å². The molecule has 2 N–H and O–H groups in total. The quantitative estimate of drug-likeness (QED) is 0.603. The molecular weight excluding hydrogens is 152 g/mol. The zero-order valence-corrected chi connectivity index (χ0v) is 7.09. The van der Waals surface area contributed by atoms with Crippen molar-refractivity contribution in [2.24, 2.45) is 0 Å². The van der Waals surface area contributed by atoms with Gasteiger partial charge in [0.15, 0.2) is 11.5 Å². The van der Waals surface area contributed by atoms with E-state index >= 15 is 0 Å². The van der Waals surface area contributed by atoms with Crippen LogP contribution in [0.1, 0.15) is 11.5 Å². The van der Waals surface area contributed by atoms with E-state index < -0.39 is 0 Å². The molecule has 0 amide bonds. The normalized spacial score (nSPS) is 10.8. The third-order valence-corrected chi connectivity index (χ3v) is 1.77. The first-order chi connectivity index (χ1) is 5.66. The summed E-state index contributed by atoms with van der Waals surface area (Å²) in [6, 6.07) is 3.84. The number of nitrogens with zero attached hydrogens (tertiary/aromatic N) is 1. The van der Waals surface area contributed by atoms with Crippen molar-refractivity contribution < 1.29 is 4.42 Å². The Hall–Kier alpha value is -1.51. The molecule has 0 atom stereocenters. The largest absolute Gasteiger partial charge is 0.439 e. The molecule has 0 saturated heterocycles. The van der Waals surface area contributed by atoms with E-state index in [0.29, 0.717) is 17.2 Å². The van der Waals surface area contributed by atoms with E-state index in [9.17, 15) is 0 Å². The van der Waals surface area contributed by atoms with Crippen LogP contribution in [0.5, 0.6) is 0 Å². The number of nitrogens with two attached hydrogens (primary N) is 1. The van der Waals surface area contributed by atoms with Gasteiger partial charge in [-0.3, -0.25) is 0 Å². The first-order valence-corrected chi connectivity index (χ1v) is 3.80. The molecular formula is C9H10N2O. The minimum atomic E-state index is 0.655. The molecule has 1 aromatic heterocycles. The van der Waals surface area contributed by atoms with Gasteiger partial charge in [0.05, 0.1) is 5.69 Å². The molecule has 0 aliphatic carbocycles. The third-order valence-electron chi connectivity index (χ3n) is 1.77. The van der Waals surface area contributed by atoms with E-state index in [-0.39, 0.29) is 0 Å². The highest BCUT2D eigenvalue weighted by atomic mass is 16.3. The van der Waals surface area contributed by atoms with Crippen LogP contribution in [0.15, 0.2) is 16.5 Å².